The summed E-state index contributed by atoms with van der Waals surface area (Å²) in [6.45, 7) is 1.83. The highest BCUT2D eigenvalue weighted by atomic mass is 16.6. The maximum atomic E-state index is 11.4. The minimum atomic E-state index is -0.430. The fraction of sp³-hybridized carbons (Fsp3) is 0.200. The summed E-state index contributed by atoms with van der Waals surface area (Å²) in [4.78, 5) is 14.4. The first kappa shape index (κ1) is 16.6. The van der Waals surface area contributed by atoms with Gasteiger partial charge in [-0.15, -0.1) is 6.42 Å². The van der Waals surface area contributed by atoms with Gasteiger partial charge >= 0.3 is 0 Å². The molecule has 0 radical (unpaired) electrons. The molecule has 0 saturated heterocycles. The van der Waals surface area contributed by atoms with Crippen LogP contribution in [-0.2, 0) is 0 Å². The number of nitrogens with one attached hydrogen (secondary N) is 1. The summed E-state index contributed by atoms with van der Waals surface area (Å²) in [6, 6.07) is 15.2. The number of ether oxygens (including phenoxy) is 1. The highest BCUT2D eigenvalue weighted by molar-refractivity contribution is 5.85. The lowest BCUT2D eigenvalue weighted by molar-refractivity contribution is -0.481. The number of benzene rings is 2. The predicted octanol–water partition coefficient (Wildman–Crippen LogP) is 3.90. The quantitative estimate of drug-likeness (QED) is 0.422. The van der Waals surface area contributed by atoms with Crippen LogP contribution in [0.3, 0.4) is 0 Å². The van der Waals surface area contributed by atoms with E-state index >= 15 is 0 Å². The molecule has 0 spiro atoms. The average Bonchev–Trinajstić information content (AvgIpc) is 2.94. The number of aryl methyl sites for hydroxylation is 1. The van der Waals surface area contributed by atoms with Crippen LogP contribution in [0.5, 0.6) is 5.75 Å². The van der Waals surface area contributed by atoms with Crippen LogP contribution in [0.1, 0.15) is 22.7 Å². The molecule has 1 aromatic heterocycles. The molecule has 0 amide bonds. The first-order valence-corrected chi connectivity index (χ1v) is 7.96. The van der Waals surface area contributed by atoms with Crippen molar-refractivity contribution in [1.82, 2.24) is 4.98 Å². The molecule has 5 heteroatoms. The number of hydrogen-bond acceptors (Lipinski definition) is 3. The molecule has 2 aromatic carbocycles. The summed E-state index contributed by atoms with van der Waals surface area (Å²) in [5, 5.41) is 12.4. The van der Waals surface area contributed by atoms with Gasteiger partial charge in [0.05, 0.1) is 5.92 Å². The van der Waals surface area contributed by atoms with Crippen LogP contribution in [0.2, 0.25) is 0 Å². The summed E-state index contributed by atoms with van der Waals surface area (Å²) < 4.78 is 5.63. The van der Waals surface area contributed by atoms with Gasteiger partial charge < -0.3 is 9.72 Å². The summed E-state index contributed by atoms with van der Waals surface area (Å²) in [5.74, 6) is 2.59. The van der Waals surface area contributed by atoms with Crippen LogP contribution in [-0.4, -0.2) is 23.1 Å². The van der Waals surface area contributed by atoms with E-state index in [-0.39, 0.29) is 18.1 Å². The van der Waals surface area contributed by atoms with Crippen molar-refractivity contribution in [3.05, 3.63) is 75.5 Å². The Morgan fingerprint density at radius 2 is 1.96 bits per heavy atom. The van der Waals surface area contributed by atoms with E-state index in [0.717, 1.165) is 27.7 Å². The topological polar surface area (TPSA) is 68.2 Å². The van der Waals surface area contributed by atoms with Crippen LogP contribution < -0.4 is 4.74 Å². The third-order valence-electron chi connectivity index (χ3n) is 4.23. The Balaban J connectivity index is 2.18. The van der Waals surface area contributed by atoms with Crippen LogP contribution >= 0.6 is 0 Å². The van der Waals surface area contributed by atoms with Crippen molar-refractivity contribution in [2.24, 2.45) is 0 Å². The molecule has 0 aliphatic rings. The van der Waals surface area contributed by atoms with Crippen molar-refractivity contribution in [1.29, 1.82) is 0 Å². The first-order valence-electron chi connectivity index (χ1n) is 7.96. The van der Waals surface area contributed by atoms with Gasteiger partial charge in [0, 0.05) is 27.1 Å². The molecule has 0 aliphatic heterocycles. The molecule has 1 N–H and O–H groups in total. The molecule has 5 nitrogen and oxygen atoms in total. The number of rotatable bonds is 6. The van der Waals surface area contributed by atoms with E-state index < -0.39 is 5.92 Å². The number of nitrogens with zero attached hydrogens (tertiary/aromatic N) is 1. The lowest BCUT2D eigenvalue weighted by Gasteiger charge is -2.18. The molecule has 0 unspecified atom stereocenters. The van der Waals surface area contributed by atoms with E-state index in [2.05, 4.69) is 10.9 Å². The SMILES string of the molecule is C#CCOc1ccccc1[C@@H](C[N+](=O)[O-])c1c(C)[nH]c2ccccc12. The molecule has 126 valence electrons. The molecular weight excluding hydrogens is 316 g/mol. The minimum Gasteiger partial charge on any atom is -0.481 e. The molecular formula is C20H18N2O3. The van der Waals surface area contributed by atoms with Gasteiger partial charge in [0.1, 0.15) is 12.4 Å². The highest BCUT2D eigenvalue weighted by Gasteiger charge is 2.27. The summed E-state index contributed by atoms with van der Waals surface area (Å²) >= 11 is 0. The van der Waals surface area contributed by atoms with E-state index in [9.17, 15) is 10.1 Å². The minimum absolute atomic E-state index is 0.120. The number of aromatic nitrogens is 1. The summed E-state index contributed by atoms with van der Waals surface area (Å²) in [7, 11) is 0. The zero-order valence-electron chi connectivity index (χ0n) is 13.9. The second-order valence-electron chi connectivity index (χ2n) is 5.81. The molecule has 25 heavy (non-hydrogen) atoms. The van der Waals surface area contributed by atoms with Crippen LogP contribution in [0.15, 0.2) is 48.5 Å². The number of para-hydroxylation sites is 2. The van der Waals surface area contributed by atoms with Crippen LogP contribution in [0, 0.1) is 29.4 Å². The van der Waals surface area contributed by atoms with Crippen molar-refractivity contribution >= 4 is 10.9 Å². The molecule has 3 aromatic rings. The van der Waals surface area contributed by atoms with E-state index in [0.29, 0.717) is 5.75 Å². The third-order valence-corrected chi connectivity index (χ3v) is 4.23. The Morgan fingerprint density at radius 1 is 1.24 bits per heavy atom. The zero-order valence-corrected chi connectivity index (χ0v) is 13.9. The Morgan fingerprint density at radius 3 is 2.72 bits per heavy atom. The lowest BCUT2D eigenvalue weighted by atomic mass is 9.88. The van der Waals surface area contributed by atoms with E-state index in [1.807, 2.05) is 49.4 Å². The second-order valence-corrected chi connectivity index (χ2v) is 5.81. The maximum absolute atomic E-state index is 11.4. The van der Waals surface area contributed by atoms with Gasteiger partial charge in [-0.1, -0.05) is 42.3 Å². The molecule has 1 atom stereocenters. The molecule has 0 aliphatic carbocycles. The number of nitro groups is 1. The summed E-state index contributed by atoms with van der Waals surface area (Å²) in [6.07, 6.45) is 5.29. The van der Waals surface area contributed by atoms with Gasteiger partial charge in [-0.3, -0.25) is 10.1 Å². The van der Waals surface area contributed by atoms with Gasteiger partial charge in [0.2, 0.25) is 6.54 Å². The van der Waals surface area contributed by atoms with Crippen LogP contribution in [0.25, 0.3) is 10.9 Å². The van der Waals surface area contributed by atoms with Crippen molar-refractivity contribution in [2.75, 3.05) is 13.2 Å². The Bertz CT molecular complexity index is 953. The fourth-order valence-electron chi connectivity index (χ4n) is 3.26. The van der Waals surface area contributed by atoms with Gasteiger partial charge in [-0.2, -0.15) is 0 Å². The Labute approximate surface area is 145 Å². The molecule has 0 fully saturated rings. The molecule has 0 bridgehead atoms. The van der Waals surface area contributed by atoms with Crippen molar-refractivity contribution in [3.8, 4) is 18.1 Å². The van der Waals surface area contributed by atoms with Crippen molar-refractivity contribution < 1.29 is 9.66 Å². The zero-order chi connectivity index (χ0) is 17.8. The van der Waals surface area contributed by atoms with Gasteiger partial charge in [-0.25, -0.2) is 0 Å². The van der Waals surface area contributed by atoms with Gasteiger partial charge in [0.15, 0.2) is 0 Å². The number of aromatic amines is 1. The number of fused-ring (bicyclic) bond motifs is 1. The highest BCUT2D eigenvalue weighted by Crippen LogP contribution is 2.37. The molecule has 1 heterocycles. The largest absolute Gasteiger partial charge is 0.481 e. The lowest BCUT2D eigenvalue weighted by Crippen LogP contribution is -2.16. The first-order chi connectivity index (χ1) is 12.1. The molecule has 0 saturated carbocycles. The Hall–Kier alpha value is -3.26. The normalized spacial score (nSPS) is 11.8. The standard InChI is InChI=1S/C20H18N2O3/c1-3-12-25-19-11-7-5-8-15(19)17(13-22(23)24)20-14(2)21-18-10-6-4-9-16(18)20/h1,4-11,17,21H,12-13H2,2H3/t17-/m1/s1. The van der Waals surface area contributed by atoms with Crippen LogP contribution in [0.4, 0.5) is 0 Å². The average molecular weight is 334 g/mol. The second kappa shape index (κ2) is 7.10. The van der Waals surface area contributed by atoms with E-state index in [1.165, 1.54) is 0 Å². The van der Waals surface area contributed by atoms with Crippen molar-refractivity contribution in [2.45, 2.75) is 12.8 Å². The van der Waals surface area contributed by atoms with Gasteiger partial charge in [0.25, 0.3) is 0 Å². The predicted molar refractivity (Wildman–Crippen MR) is 97.5 cm³/mol. The Kier molecular flexibility index (Phi) is 4.71. The fourth-order valence-corrected chi connectivity index (χ4v) is 3.26. The van der Waals surface area contributed by atoms with Crippen molar-refractivity contribution in [3.63, 3.8) is 0 Å². The number of terminal acetylenes is 1. The number of H-pyrrole nitrogens is 1. The van der Waals surface area contributed by atoms with E-state index in [4.69, 9.17) is 11.2 Å². The summed E-state index contributed by atoms with van der Waals surface area (Å²) in [5.41, 5.74) is 3.57. The third kappa shape index (κ3) is 3.33. The van der Waals surface area contributed by atoms with Gasteiger partial charge in [-0.05, 0) is 24.6 Å². The van der Waals surface area contributed by atoms with E-state index in [1.54, 1.807) is 6.07 Å². The smallest absolute Gasteiger partial charge is 0.214 e. The maximum Gasteiger partial charge on any atom is 0.214 e. The number of hydrogen-bond donors (Lipinski definition) is 1. The monoisotopic (exact) mass is 334 g/mol. The molecule has 3 rings (SSSR count).